The van der Waals surface area contributed by atoms with Crippen LogP contribution in [-0.4, -0.2) is 37.9 Å². The number of benzene rings is 2. The lowest BCUT2D eigenvalue weighted by Crippen LogP contribution is -2.43. The van der Waals surface area contributed by atoms with E-state index in [9.17, 15) is 4.79 Å². The molecule has 0 bridgehead atoms. The van der Waals surface area contributed by atoms with Gasteiger partial charge in [-0.3, -0.25) is 9.69 Å². The topological polar surface area (TPSA) is 39.3 Å². The van der Waals surface area contributed by atoms with E-state index in [4.69, 9.17) is 12.2 Å². The van der Waals surface area contributed by atoms with E-state index in [1.54, 1.807) is 0 Å². The van der Waals surface area contributed by atoms with Crippen LogP contribution in [0, 0.1) is 0 Å². The Morgan fingerprint density at radius 3 is 2.55 bits per heavy atom. The van der Waals surface area contributed by atoms with E-state index in [-0.39, 0.29) is 24.0 Å². The summed E-state index contributed by atoms with van der Waals surface area (Å²) in [6.45, 7) is 0. The van der Waals surface area contributed by atoms with Crippen molar-refractivity contribution in [2.45, 2.75) is 63.1 Å². The summed E-state index contributed by atoms with van der Waals surface area (Å²) in [5.74, 6) is 0.220. The highest BCUT2D eigenvalue weighted by Crippen LogP contribution is 2.44. The van der Waals surface area contributed by atoms with Gasteiger partial charge in [-0.1, -0.05) is 61.4 Å². The molecule has 1 N–H and O–H groups in total. The third kappa shape index (κ3) is 3.01. The van der Waals surface area contributed by atoms with Crippen LogP contribution in [0.2, 0.25) is 0 Å². The third-order valence-electron chi connectivity index (χ3n) is 7.44. The Kier molecular flexibility index (Phi) is 4.60. The van der Waals surface area contributed by atoms with Gasteiger partial charge in [0.25, 0.3) is 5.91 Å². The van der Waals surface area contributed by atoms with Gasteiger partial charge in [-0.2, -0.15) is 0 Å². The summed E-state index contributed by atoms with van der Waals surface area (Å²) in [6, 6.07) is 19.3. The molecule has 0 spiro atoms. The third-order valence-corrected chi connectivity index (χ3v) is 7.84. The number of aryl methyl sites for hydroxylation is 1. The zero-order valence-electron chi connectivity index (χ0n) is 17.6. The van der Waals surface area contributed by atoms with Gasteiger partial charge >= 0.3 is 0 Å². The lowest BCUT2D eigenvalue weighted by Gasteiger charge is -2.37. The molecule has 1 saturated heterocycles. The number of thiocarbonyl (C=S) groups is 1. The fraction of sp³-hybridized carbons (Fsp3) is 0.385. The monoisotopic (exact) mass is 429 g/mol. The maximum absolute atomic E-state index is 13.6. The summed E-state index contributed by atoms with van der Waals surface area (Å²) < 4.78 is 0. The Bertz CT molecular complexity index is 1150. The second-order valence-corrected chi connectivity index (χ2v) is 9.52. The van der Waals surface area contributed by atoms with Gasteiger partial charge in [0.05, 0.1) is 6.04 Å². The molecule has 4 nitrogen and oxygen atoms in total. The fourth-order valence-electron chi connectivity index (χ4n) is 5.96. The second-order valence-electron chi connectivity index (χ2n) is 9.16. The average molecular weight is 430 g/mol. The Morgan fingerprint density at radius 2 is 1.74 bits per heavy atom. The molecule has 3 aromatic rings. The van der Waals surface area contributed by atoms with Crippen molar-refractivity contribution in [3.63, 3.8) is 0 Å². The van der Waals surface area contributed by atoms with Crippen molar-refractivity contribution in [2.75, 3.05) is 0 Å². The molecule has 1 saturated carbocycles. The molecule has 6 rings (SSSR count). The van der Waals surface area contributed by atoms with Crippen molar-refractivity contribution in [2.24, 2.45) is 0 Å². The first-order valence-electron chi connectivity index (χ1n) is 11.5. The van der Waals surface area contributed by atoms with Crippen LogP contribution in [0.15, 0.2) is 54.6 Å². The number of aromatic amines is 1. The molecule has 2 aromatic carbocycles. The maximum Gasteiger partial charge on any atom is 0.252 e. The highest BCUT2D eigenvalue weighted by Gasteiger charge is 2.51. The molecular formula is C26H27N3OS. The summed E-state index contributed by atoms with van der Waals surface area (Å²) in [5.41, 5.74) is 5.03. The lowest BCUT2D eigenvalue weighted by molar-refractivity contribution is -0.129. The molecule has 0 radical (unpaired) electrons. The first kappa shape index (κ1) is 19.1. The van der Waals surface area contributed by atoms with Crippen LogP contribution in [0.5, 0.6) is 0 Å². The quantitative estimate of drug-likeness (QED) is 0.584. The molecule has 158 valence electrons. The van der Waals surface area contributed by atoms with E-state index >= 15 is 0 Å². The van der Waals surface area contributed by atoms with E-state index in [0.717, 1.165) is 42.7 Å². The Balaban J connectivity index is 1.41. The van der Waals surface area contributed by atoms with Crippen molar-refractivity contribution >= 4 is 34.1 Å². The molecule has 2 fully saturated rings. The predicted octanol–water partition coefficient (Wildman–Crippen LogP) is 5.14. The van der Waals surface area contributed by atoms with Crippen LogP contribution in [-0.2, 0) is 17.6 Å². The average Bonchev–Trinajstić information content (AvgIpc) is 3.50. The largest absolute Gasteiger partial charge is 0.356 e. The summed E-state index contributed by atoms with van der Waals surface area (Å²) in [5, 5.41) is 2.00. The zero-order chi connectivity index (χ0) is 20.9. The fourth-order valence-corrected chi connectivity index (χ4v) is 6.45. The van der Waals surface area contributed by atoms with Crippen LogP contribution >= 0.6 is 12.2 Å². The zero-order valence-corrected chi connectivity index (χ0v) is 18.4. The van der Waals surface area contributed by atoms with E-state index in [1.165, 1.54) is 35.0 Å². The summed E-state index contributed by atoms with van der Waals surface area (Å²) >= 11 is 5.99. The molecule has 2 atom stereocenters. The minimum absolute atomic E-state index is 0.101. The van der Waals surface area contributed by atoms with Gasteiger partial charge < -0.3 is 9.88 Å². The molecule has 0 unspecified atom stereocenters. The lowest BCUT2D eigenvalue weighted by atomic mass is 9.89. The highest BCUT2D eigenvalue weighted by molar-refractivity contribution is 7.80. The van der Waals surface area contributed by atoms with E-state index in [0.29, 0.717) is 0 Å². The molecule has 1 aromatic heterocycles. The van der Waals surface area contributed by atoms with Crippen LogP contribution in [0.4, 0.5) is 0 Å². The molecule has 5 heteroatoms. The number of amides is 1. The van der Waals surface area contributed by atoms with Crippen molar-refractivity contribution < 1.29 is 4.79 Å². The molecule has 3 heterocycles. The van der Waals surface area contributed by atoms with Crippen LogP contribution < -0.4 is 0 Å². The number of nitrogens with zero attached hydrogens (tertiary/aromatic N) is 2. The minimum Gasteiger partial charge on any atom is -0.356 e. The molecule has 31 heavy (non-hydrogen) atoms. The number of carbonyl (C=O) groups is 1. The number of hydrogen-bond acceptors (Lipinski definition) is 2. The number of nitrogens with one attached hydrogen (secondary N) is 1. The van der Waals surface area contributed by atoms with Gasteiger partial charge in [0.2, 0.25) is 0 Å². The number of para-hydroxylation sites is 1. The van der Waals surface area contributed by atoms with Crippen LogP contribution in [0.3, 0.4) is 0 Å². The van der Waals surface area contributed by atoms with Gasteiger partial charge in [0, 0.05) is 29.1 Å². The number of carbonyl (C=O) groups excluding carboxylic acids is 1. The minimum atomic E-state index is -0.166. The summed E-state index contributed by atoms with van der Waals surface area (Å²) in [7, 11) is 0. The van der Waals surface area contributed by atoms with Gasteiger partial charge in [0.1, 0.15) is 6.04 Å². The maximum atomic E-state index is 13.6. The molecule has 3 aliphatic rings. The van der Waals surface area contributed by atoms with Gasteiger partial charge in [-0.15, -0.1) is 0 Å². The standard InChI is InChI=1S/C26H27N3OS/c30-25-23-16-20-19-12-6-7-13-21(19)27-24(20)22(15-14-17-8-2-1-3-9-17)29(23)26(31)28(25)18-10-4-5-11-18/h1-3,6-9,12-13,18,22-23,27H,4-5,10-11,14-16H2/t22-,23+/m0/s1. The van der Waals surface area contributed by atoms with E-state index < -0.39 is 0 Å². The normalized spacial score (nSPS) is 23.6. The number of fused-ring (bicyclic) bond motifs is 4. The van der Waals surface area contributed by atoms with Gasteiger partial charge in [-0.25, -0.2) is 0 Å². The summed E-state index contributed by atoms with van der Waals surface area (Å²) in [6.07, 6.45) is 7.19. The SMILES string of the molecule is O=C1[C@H]2Cc3c([nH]c4ccccc34)[C@H](CCc3ccccc3)N2C(=S)N1C1CCCC1. The first-order chi connectivity index (χ1) is 15.2. The van der Waals surface area contributed by atoms with Crippen molar-refractivity contribution in [1.29, 1.82) is 0 Å². The van der Waals surface area contributed by atoms with E-state index in [1.807, 2.05) is 4.90 Å². The van der Waals surface area contributed by atoms with Crippen LogP contribution in [0.25, 0.3) is 10.9 Å². The van der Waals surface area contributed by atoms with Crippen LogP contribution in [0.1, 0.15) is 55.0 Å². The summed E-state index contributed by atoms with van der Waals surface area (Å²) in [4.78, 5) is 21.6. The Morgan fingerprint density at radius 1 is 1.00 bits per heavy atom. The molecule has 2 aliphatic heterocycles. The molecule has 1 aliphatic carbocycles. The molecular weight excluding hydrogens is 402 g/mol. The number of rotatable bonds is 4. The van der Waals surface area contributed by atoms with Gasteiger partial charge in [-0.05, 0) is 55.1 Å². The van der Waals surface area contributed by atoms with Crippen molar-refractivity contribution in [1.82, 2.24) is 14.8 Å². The Labute approximate surface area is 188 Å². The number of H-pyrrole nitrogens is 1. The highest BCUT2D eigenvalue weighted by atomic mass is 32.1. The van der Waals surface area contributed by atoms with Crippen molar-refractivity contribution in [3.05, 3.63) is 71.4 Å². The number of hydrogen-bond donors (Lipinski definition) is 1. The van der Waals surface area contributed by atoms with E-state index in [2.05, 4.69) is 64.5 Å². The number of aromatic nitrogens is 1. The second kappa shape index (κ2) is 7.49. The Hall–Kier alpha value is -2.66. The smallest absolute Gasteiger partial charge is 0.252 e. The van der Waals surface area contributed by atoms with Crippen molar-refractivity contribution in [3.8, 4) is 0 Å². The molecule has 1 amide bonds. The predicted molar refractivity (Wildman–Crippen MR) is 127 cm³/mol. The first-order valence-corrected chi connectivity index (χ1v) is 11.9. The van der Waals surface area contributed by atoms with Gasteiger partial charge in [0.15, 0.2) is 5.11 Å².